The fourth-order valence-corrected chi connectivity index (χ4v) is 2.79. The van der Waals surface area contributed by atoms with E-state index in [-0.39, 0.29) is 6.54 Å². The van der Waals surface area contributed by atoms with Gasteiger partial charge < -0.3 is 16.4 Å². The van der Waals surface area contributed by atoms with Crippen molar-refractivity contribution in [1.82, 2.24) is 15.5 Å². The van der Waals surface area contributed by atoms with Crippen LogP contribution in [0.3, 0.4) is 0 Å². The second-order valence-electron chi connectivity index (χ2n) is 6.80. The number of nitrogens with zero attached hydrogens (tertiary/aromatic N) is 1. The second kappa shape index (κ2) is 7.41. The first-order valence-corrected chi connectivity index (χ1v) is 8.61. The summed E-state index contributed by atoms with van der Waals surface area (Å²) < 4.78 is 13.1. The third-order valence-corrected chi connectivity index (χ3v) is 5.04. The average molecular weight is 364 g/mol. The zero-order valence-electron chi connectivity index (χ0n) is 15.3. The van der Waals surface area contributed by atoms with Crippen LogP contribution in [0.2, 0.25) is 0 Å². The van der Waals surface area contributed by atoms with Crippen molar-refractivity contribution in [3.8, 4) is 0 Å². The highest BCUT2D eigenvalue weighted by Gasteiger charge is 2.49. The predicted molar refractivity (Wildman–Crippen MR) is 94.5 cm³/mol. The van der Waals surface area contributed by atoms with Crippen LogP contribution in [0.1, 0.15) is 39.2 Å². The topological polar surface area (TPSA) is 105 Å². The van der Waals surface area contributed by atoms with Gasteiger partial charge in [0.15, 0.2) is 0 Å². The predicted octanol–water partition coefficient (Wildman–Crippen LogP) is 1.23. The quantitative estimate of drug-likeness (QED) is 0.633. The molecular formula is C18H25FN4O3. The van der Waals surface area contributed by atoms with E-state index in [1.807, 2.05) is 13.8 Å². The molecule has 1 aromatic carbocycles. The number of nitrogens with one attached hydrogen (secondary N) is 2. The van der Waals surface area contributed by atoms with Gasteiger partial charge in [0, 0.05) is 12.1 Å². The number of benzene rings is 1. The monoisotopic (exact) mass is 364 g/mol. The molecule has 4 amide bonds. The van der Waals surface area contributed by atoms with Crippen molar-refractivity contribution in [3.05, 3.63) is 35.6 Å². The highest BCUT2D eigenvalue weighted by Crippen LogP contribution is 2.28. The highest BCUT2D eigenvalue weighted by molar-refractivity contribution is 6.09. The smallest absolute Gasteiger partial charge is 0.325 e. The molecule has 0 aromatic heterocycles. The summed E-state index contributed by atoms with van der Waals surface area (Å²) >= 11 is 0. The molecule has 4 N–H and O–H groups in total. The SMILES string of the molecule is CCC(N)(CC)CNC(=O)CN1C(=O)NC(C)(c2ccc(F)cc2)C1=O. The number of hydrogen-bond donors (Lipinski definition) is 3. The van der Waals surface area contributed by atoms with E-state index in [0.29, 0.717) is 18.4 Å². The van der Waals surface area contributed by atoms with Gasteiger partial charge in [-0.05, 0) is 37.5 Å². The van der Waals surface area contributed by atoms with Crippen molar-refractivity contribution < 1.29 is 18.8 Å². The first kappa shape index (κ1) is 19.8. The van der Waals surface area contributed by atoms with E-state index in [9.17, 15) is 18.8 Å². The van der Waals surface area contributed by atoms with Crippen LogP contribution in [0, 0.1) is 5.82 Å². The van der Waals surface area contributed by atoms with Crippen LogP contribution in [0.15, 0.2) is 24.3 Å². The number of urea groups is 1. The molecule has 1 aliphatic heterocycles. The van der Waals surface area contributed by atoms with Gasteiger partial charge in [0.05, 0.1) is 0 Å². The first-order chi connectivity index (χ1) is 12.1. The first-order valence-electron chi connectivity index (χ1n) is 8.61. The lowest BCUT2D eigenvalue weighted by Gasteiger charge is -2.27. The van der Waals surface area contributed by atoms with E-state index >= 15 is 0 Å². The third kappa shape index (κ3) is 3.85. The number of carbonyl (C=O) groups excluding carboxylic acids is 3. The molecule has 2 rings (SSSR count). The molecule has 1 aromatic rings. The summed E-state index contributed by atoms with van der Waals surface area (Å²) in [5, 5.41) is 5.26. The van der Waals surface area contributed by atoms with E-state index in [2.05, 4.69) is 10.6 Å². The van der Waals surface area contributed by atoms with Crippen molar-refractivity contribution in [3.63, 3.8) is 0 Å². The molecule has 1 saturated heterocycles. The van der Waals surface area contributed by atoms with Crippen molar-refractivity contribution in [2.45, 2.75) is 44.7 Å². The molecule has 7 nitrogen and oxygen atoms in total. The number of imide groups is 1. The molecule has 1 atom stereocenters. The lowest BCUT2D eigenvalue weighted by Crippen LogP contribution is -2.51. The van der Waals surface area contributed by atoms with Crippen molar-refractivity contribution >= 4 is 17.8 Å². The maximum atomic E-state index is 13.1. The fourth-order valence-electron chi connectivity index (χ4n) is 2.79. The van der Waals surface area contributed by atoms with Gasteiger partial charge in [0.25, 0.3) is 5.91 Å². The molecule has 8 heteroatoms. The van der Waals surface area contributed by atoms with Crippen LogP contribution in [-0.4, -0.2) is 41.4 Å². The second-order valence-corrected chi connectivity index (χ2v) is 6.80. The van der Waals surface area contributed by atoms with E-state index in [4.69, 9.17) is 5.73 Å². The standard InChI is InChI=1S/C18H25FN4O3/c1-4-18(20,5-2)11-21-14(24)10-23-15(25)17(3,22-16(23)26)12-6-8-13(19)9-7-12/h6-9H,4-5,10-11,20H2,1-3H3,(H,21,24)(H,22,26). The fraction of sp³-hybridized carbons (Fsp3) is 0.500. The Balaban J connectivity index is 2.07. The van der Waals surface area contributed by atoms with Crippen LogP contribution in [0.5, 0.6) is 0 Å². The summed E-state index contributed by atoms with van der Waals surface area (Å²) in [6, 6.07) is 4.63. The number of nitrogens with two attached hydrogens (primary N) is 1. The zero-order valence-corrected chi connectivity index (χ0v) is 15.3. The number of halogens is 1. The van der Waals surface area contributed by atoms with E-state index < -0.39 is 41.3 Å². The lowest BCUT2D eigenvalue weighted by molar-refractivity contribution is -0.134. The molecule has 142 valence electrons. The zero-order chi connectivity index (χ0) is 19.5. The molecule has 0 bridgehead atoms. The summed E-state index contributed by atoms with van der Waals surface area (Å²) in [5.74, 6) is -1.47. The Morgan fingerprint density at radius 3 is 2.38 bits per heavy atom. The molecule has 26 heavy (non-hydrogen) atoms. The van der Waals surface area contributed by atoms with Crippen LogP contribution in [0.4, 0.5) is 9.18 Å². The molecule has 0 radical (unpaired) electrons. The van der Waals surface area contributed by atoms with Gasteiger partial charge in [-0.15, -0.1) is 0 Å². The van der Waals surface area contributed by atoms with Gasteiger partial charge in [0.2, 0.25) is 5.91 Å². The Hall–Kier alpha value is -2.48. The van der Waals surface area contributed by atoms with Crippen LogP contribution < -0.4 is 16.4 Å². The van der Waals surface area contributed by atoms with Gasteiger partial charge >= 0.3 is 6.03 Å². The number of amides is 4. The maximum Gasteiger partial charge on any atom is 0.325 e. The summed E-state index contributed by atoms with van der Waals surface area (Å²) in [4.78, 5) is 37.9. The summed E-state index contributed by atoms with van der Waals surface area (Å²) in [6.45, 7) is 5.25. The molecular weight excluding hydrogens is 339 g/mol. The summed E-state index contributed by atoms with van der Waals surface area (Å²) in [7, 11) is 0. The Bertz CT molecular complexity index is 703. The Morgan fingerprint density at radius 2 is 1.85 bits per heavy atom. The molecule has 1 heterocycles. The van der Waals surface area contributed by atoms with Gasteiger partial charge in [-0.2, -0.15) is 0 Å². The van der Waals surface area contributed by atoms with Gasteiger partial charge in [-0.1, -0.05) is 26.0 Å². The minimum Gasteiger partial charge on any atom is -0.353 e. The summed E-state index contributed by atoms with van der Waals surface area (Å²) in [6.07, 6.45) is 1.38. The van der Waals surface area contributed by atoms with E-state index in [1.165, 1.54) is 31.2 Å². The van der Waals surface area contributed by atoms with Gasteiger partial charge in [0.1, 0.15) is 17.9 Å². The molecule has 0 aliphatic carbocycles. The largest absolute Gasteiger partial charge is 0.353 e. The Kier molecular flexibility index (Phi) is 5.65. The van der Waals surface area contributed by atoms with Crippen LogP contribution >= 0.6 is 0 Å². The Morgan fingerprint density at radius 1 is 1.27 bits per heavy atom. The third-order valence-electron chi connectivity index (χ3n) is 5.04. The van der Waals surface area contributed by atoms with Gasteiger partial charge in [-0.3, -0.25) is 14.5 Å². The molecule has 1 aliphatic rings. The Labute approximate surface area is 152 Å². The van der Waals surface area contributed by atoms with Gasteiger partial charge in [-0.25, -0.2) is 9.18 Å². The number of carbonyl (C=O) groups is 3. The van der Waals surface area contributed by atoms with Crippen LogP contribution in [0.25, 0.3) is 0 Å². The van der Waals surface area contributed by atoms with E-state index in [0.717, 1.165) is 4.90 Å². The summed E-state index contributed by atoms with van der Waals surface area (Å²) in [5.41, 5.74) is 4.72. The maximum absolute atomic E-state index is 13.1. The molecule has 0 spiro atoms. The lowest BCUT2D eigenvalue weighted by atomic mass is 9.92. The van der Waals surface area contributed by atoms with Crippen LogP contribution in [-0.2, 0) is 15.1 Å². The van der Waals surface area contributed by atoms with Crippen molar-refractivity contribution in [2.75, 3.05) is 13.1 Å². The molecule has 1 unspecified atom stereocenters. The number of hydrogen-bond acceptors (Lipinski definition) is 4. The minimum atomic E-state index is -1.34. The average Bonchev–Trinajstić information content (AvgIpc) is 2.84. The van der Waals surface area contributed by atoms with E-state index in [1.54, 1.807) is 0 Å². The molecule has 0 saturated carbocycles. The van der Waals surface area contributed by atoms with Crippen molar-refractivity contribution in [2.24, 2.45) is 5.73 Å². The molecule has 1 fully saturated rings. The number of rotatable bonds is 7. The highest BCUT2D eigenvalue weighted by atomic mass is 19.1. The normalized spacial score (nSPS) is 20.3. The van der Waals surface area contributed by atoms with Crippen molar-refractivity contribution in [1.29, 1.82) is 0 Å². The minimum absolute atomic E-state index is 0.262.